The summed E-state index contributed by atoms with van der Waals surface area (Å²) in [6.45, 7) is 4.10. The Morgan fingerprint density at radius 1 is 1.62 bits per heavy atom. The van der Waals surface area contributed by atoms with Gasteiger partial charge in [0.1, 0.15) is 5.82 Å². The normalized spacial score (nSPS) is 12.9. The van der Waals surface area contributed by atoms with E-state index in [1.165, 1.54) is 12.3 Å². The van der Waals surface area contributed by atoms with Crippen LogP contribution < -0.4 is 0 Å². The average molecular weight is 219 g/mol. The summed E-state index contributed by atoms with van der Waals surface area (Å²) in [6.07, 6.45) is 2.41. The number of aromatic amines is 1. The maximum absolute atomic E-state index is 11.0. The quantitative estimate of drug-likeness (QED) is 0.829. The molecule has 1 unspecified atom stereocenters. The lowest BCUT2D eigenvalue weighted by Crippen LogP contribution is -1.98. The molecule has 0 amide bonds. The molecule has 2 aromatic rings. The van der Waals surface area contributed by atoms with Crippen molar-refractivity contribution in [3.8, 4) is 0 Å². The number of H-pyrrole nitrogens is 1. The first-order chi connectivity index (χ1) is 7.63. The molecule has 16 heavy (non-hydrogen) atoms. The van der Waals surface area contributed by atoms with Crippen LogP contribution in [-0.2, 0) is 0 Å². The van der Waals surface area contributed by atoms with Gasteiger partial charge in [-0.3, -0.25) is 0 Å². The zero-order valence-corrected chi connectivity index (χ0v) is 9.19. The minimum atomic E-state index is -0.966. The van der Waals surface area contributed by atoms with Crippen LogP contribution in [0.1, 0.15) is 42.4 Å². The number of nitrogens with one attached hydrogen (secondary N) is 1. The molecule has 2 heterocycles. The van der Waals surface area contributed by atoms with Crippen molar-refractivity contribution in [3.63, 3.8) is 0 Å². The van der Waals surface area contributed by atoms with Gasteiger partial charge in [0.15, 0.2) is 5.65 Å². The molecule has 0 aromatic carbocycles. The van der Waals surface area contributed by atoms with Gasteiger partial charge < -0.3 is 10.1 Å². The topological polar surface area (TPSA) is 78.9 Å². The molecular weight excluding hydrogens is 206 g/mol. The number of rotatable bonds is 3. The third kappa shape index (κ3) is 1.64. The molecule has 0 aliphatic carbocycles. The van der Waals surface area contributed by atoms with Gasteiger partial charge in [-0.2, -0.15) is 0 Å². The highest BCUT2D eigenvalue weighted by molar-refractivity contribution is 5.99. The molecular formula is C11H13N3O2. The van der Waals surface area contributed by atoms with Gasteiger partial charge in [-0.25, -0.2) is 14.8 Å². The summed E-state index contributed by atoms with van der Waals surface area (Å²) >= 11 is 0. The Labute approximate surface area is 92.5 Å². The largest absolute Gasteiger partial charge is 0.478 e. The molecule has 0 saturated heterocycles. The molecule has 84 valence electrons. The molecule has 0 aliphatic rings. The molecule has 0 fully saturated rings. The second-order valence-corrected chi connectivity index (χ2v) is 3.79. The van der Waals surface area contributed by atoms with E-state index in [1.807, 2.05) is 6.92 Å². The Kier molecular flexibility index (Phi) is 2.60. The molecule has 0 saturated carbocycles. The first kappa shape index (κ1) is 10.6. The number of aromatic nitrogens is 3. The van der Waals surface area contributed by atoms with Gasteiger partial charge in [-0.05, 0) is 12.5 Å². The maximum atomic E-state index is 11.0. The van der Waals surface area contributed by atoms with Crippen LogP contribution in [0, 0.1) is 0 Å². The lowest BCUT2D eigenvalue weighted by Gasteiger charge is -2.01. The lowest BCUT2D eigenvalue weighted by atomic mass is 10.1. The highest BCUT2D eigenvalue weighted by Gasteiger charge is 2.15. The van der Waals surface area contributed by atoms with Crippen LogP contribution in [0.4, 0.5) is 0 Å². The highest BCUT2D eigenvalue weighted by atomic mass is 16.4. The molecule has 2 rings (SSSR count). The predicted molar refractivity (Wildman–Crippen MR) is 59.6 cm³/mol. The number of carboxylic acids is 1. The van der Waals surface area contributed by atoms with Gasteiger partial charge in [-0.15, -0.1) is 0 Å². The number of imidazole rings is 1. The fourth-order valence-corrected chi connectivity index (χ4v) is 1.53. The first-order valence-corrected chi connectivity index (χ1v) is 5.21. The highest BCUT2D eigenvalue weighted by Crippen LogP contribution is 2.20. The smallest absolute Gasteiger partial charge is 0.338 e. The minimum Gasteiger partial charge on any atom is -0.478 e. The van der Waals surface area contributed by atoms with Crippen LogP contribution in [0.2, 0.25) is 0 Å². The van der Waals surface area contributed by atoms with E-state index in [0.29, 0.717) is 11.2 Å². The van der Waals surface area contributed by atoms with Crippen LogP contribution in [0.15, 0.2) is 12.3 Å². The number of hydrogen-bond acceptors (Lipinski definition) is 3. The van der Waals surface area contributed by atoms with Crippen molar-refractivity contribution in [3.05, 3.63) is 23.7 Å². The molecule has 0 spiro atoms. The van der Waals surface area contributed by atoms with Crippen LogP contribution in [-0.4, -0.2) is 26.0 Å². The summed E-state index contributed by atoms with van der Waals surface area (Å²) in [6, 6.07) is 1.48. The van der Waals surface area contributed by atoms with E-state index in [9.17, 15) is 4.79 Å². The summed E-state index contributed by atoms with van der Waals surface area (Å²) in [5.74, 6) is 0.0984. The van der Waals surface area contributed by atoms with E-state index in [4.69, 9.17) is 5.11 Å². The standard InChI is InChI=1S/C11H13N3O2/c1-3-6(2)9-13-8-7(11(15)16)4-5-12-10(8)14-9/h4-6H,3H2,1-2H3,(H,15,16)(H,12,13,14). The number of carboxylic acid groups (broad SMARTS) is 1. The average Bonchev–Trinajstić information content (AvgIpc) is 2.70. The number of pyridine rings is 1. The number of fused-ring (bicyclic) bond motifs is 1. The Morgan fingerprint density at radius 3 is 3.00 bits per heavy atom. The van der Waals surface area contributed by atoms with E-state index in [0.717, 1.165) is 12.2 Å². The summed E-state index contributed by atoms with van der Waals surface area (Å²) in [4.78, 5) is 22.4. The van der Waals surface area contributed by atoms with Crippen molar-refractivity contribution in [2.75, 3.05) is 0 Å². The van der Waals surface area contributed by atoms with Gasteiger partial charge in [0.2, 0.25) is 0 Å². The molecule has 0 bridgehead atoms. The van der Waals surface area contributed by atoms with Crippen molar-refractivity contribution in [2.24, 2.45) is 0 Å². The van der Waals surface area contributed by atoms with Crippen molar-refractivity contribution in [1.82, 2.24) is 15.0 Å². The molecule has 2 N–H and O–H groups in total. The van der Waals surface area contributed by atoms with Crippen molar-refractivity contribution < 1.29 is 9.90 Å². The first-order valence-electron chi connectivity index (χ1n) is 5.21. The lowest BCUT2D eigenvalue weighted by molar-refractivity contribution is 0.0698. The Balaban J connectivity index is 2.61. The van der Waals surface area contributed by atoms with E-state index in [-0.39, 0.29) is 11.5 Å². The number of carbonyl (C=O) groups is 1. The molecule has 1 atom stereocenters. The maximum Gasteiger partial charge on any atom is 0.338 e. The van der Waals surface area contributed by atoms with Crippen LogP contribution >= 0.6 is 0 Å². The summed E-state index contributed by atoms with van der Waals surface area (Å²) in [5.41, 5.74) is 1.19. The van der Waals surface area contributed by atoms with Crippen molar-refractivity contribution in [1.29, 1.82) is 0 Å². The van der Waals surface area contributed by atoms with Crippen LogP contribution in [0.5, 0.6) is 0 Å². The van der Waals surface area contributed by atoms with Gasteiger partial charge >= 0.3 is 5.97 Å². The van der Waals surface area contributed by atoms with Crippen LogP contribution in [0.3, 0.4) is 0 Å². The summed E-state index contributed by atoms with van der Waals surface area (Å²) in [7, 11) is 0. The second-order valence-electron chi connectivity index (χ2n) is 3.79. The van der Waals surface area contributed by atoms with Gasteiger partial charge in [0, 0.05) is 12.1 Å². The second kappa shape index (κ2) is 3.92. The van der Waals surface area contributed by atoms with Crippen molar-refractivity contribution >= 4 is 17.1 Å². The molecule has 0 radical (unpaired) electrons. The van der Waals surface area contributed by atoms with E-state index in [1.54, 1.807) is 0 Å². The number of hydrogen-bond donors (Lipinski definition) is 2. The van der Waals surface area contributed by atoms with Crippen molar-refractivity contribution in [2.45, 2.75) is 26.2 Å². The Hall–Kier alpha value is -1.91. The Bertz CT molecular complexity index is 533. The van der Waals surface area contributed by atoms with Crippen LogP contribution in [0.25, 0.3) is 11.2 Å². The van der Waals surface area contributed by atoms with Gasteiger partial charge in [0.05, 0.1) is 11.1 Å². The molecule has 5 heteroatoms. The van der Waals surface area contributed by atoms with E-state index >= 15 is 0 Å². The predicted octanol–water partition coefficient (Wildman–Crippen LogP) is 2.17. The zero-order chi connectivity index (χ0) is 11.7. The van der Waals surface area contributed by atoms with Gasteiger partial charge in [0.25, 0.3) is 0 Å². The fourth-order valence-electron chi connectivity index (χ4n) is 1.53. The molecule has 0 aliphatic heterocycles. The monoisotopic (exact) mass is 219 g/mol. The minimum absolute atomic E-state index is 0.215. The number of aromatic carboxylic acids is 1. The van der Waals surface area contributed by atoms with E-state index in [2.05, 4.69) is 21.9 Å². The summed E-state index contributed by atoms with van der Waals surface area (Å²) in [5, 5.41) is 9.01. The third-order valence-electron chi connectivity index (χ3n) is 2.72. The molecule has 2 aromatic heterocycles. The molecule has 5 nitrogen and oxygen atoms in total. The zero-order valence-electron chi connectivity index (χ0n) is 9.19. The Morgan fingerprint density at radius 2 is 2.38 bits per heavy atom. The fraction of sp³-hybridized carbons (Fsp3) is 0.364. The summed E-state index contributed by atoms with van der Waals surface area (Å²) < 4.78 is 0. The third-order valence-corrected chi connectivity index (χ3v) is 2.72. The van der Waals surface area contributed by atoms with E-state index < -0.39 is 5.97 Å². The SMILES string of the molecule is CCC(C)c1nc2nccc(C(=O)O)c2[nH]1. The van der Waals surface area contributed by atoms with Gasteiger partial charge in [-0.1, -0.05) is 13.8 Å². The number of nitrogens with zero attached hydrogens (tertiary/aromatic N) is 2.